The first-order valence-electron chi connectivity index (χ1n) is 9.06. The number of benzene rings is 3. The Kier molecular flexibility index (Phi) is 4.08. The van der Waals surface area contributed by atoms with Crippen LogP contribution in [0.1, 0.15) is 26.3 Å². The van der Waals surface area contributed by atoms with Gasteiger partial charge in [0.15, 0.2) is 0 Å². The molecule has 26 heavy (non-hydrogen) atoms. The van der Waals surface area contributed by atoms with E-state index in [2.05, 4.69) is 98.6 Å². The molecule has 0 unspecified atom stereocenters. The fourth-order valence-corrected chi connectivity index (χ4v) is 3.39. The zero-order valence-electron chi connectivity index (χ0n) is 15.5. The highest BCUT2D eigenvalue weighted by Gasteiger charge is 2.14. The fraction of sp³-hybridized carbons (Fsp3) is 0.160. The molecule has 1 nitrogen and oxygen atoms in total. The van der Waals surface area contributed by atoms with Gasteiger partial charge in [0.25, 0.3) is 0 Å². The zero-order valence-corrected chi connectivity index (χ0v) is 15.5. The molecular weight excluding hydrogens is 314 g/mol. The minimum Gasteiger partial charge on any atom is -0.263 e. The Bertz CT molecular complexity index is 1070. The van der Waals surface area contributed by atoms with Gasteiger partial charge in [-0.25, -0.2) is 0 Å². The van der Waals surface area contributed by atoms with Crippen LogP contribution in [0.5, 0.6) is 0 Å². The van der Waals surface area contributed by atoms with E-state index in [-0.39, 0.29) is 5.41 Å². The summed E-state index contributed by atoms with van der Waals surface area (Å²) in [5, 5.41) is 2.52. The molecule has 4 aromatic rings. The Labute approximate surface area is 155 Å². The summed E-state index contributed by atoms with van der Waals surface area (Å²) < 4.78 is 0. The monoisotopic (exact) mass is 337 g/mol. The van der Waals surface area contributed by atoms with Crippen molar-refractivity contribution in [3.63, 3.8) is 0 Å². The van der Waals surface area contributed by atoms with Gasteiger partial charge in [-0.15, -0.1) is 0 Å². The molecule has 0 bridgehead atoms. The predicted molar refractivity (Wildman–Crippen MR) is 111 cm³/mol. The van der Waals surface area contributed by atoms with Gasteiger partial charge in [0.2, 0.25) is 0 Å². The van der Waals surface area contributed by atoms with E-state index >= 15 is 0 Å². The molecule has 0 saturated heterocycles. The quantitative estimate of drug-likeness (QED) is 0.389. The zero-order chi connectivity index (χ0) is 18.1. The summed E-state index contributed by atoms with van der Waals surface area (Å²) in [5.41, 5.74) is 6.22. The van der Waals surface area contributed by atoms with E-state index in [0.717, 1.165) is 11.1 Å². The van der Waals surface area contributed by atoms with Crippen molar-refractivity contribution >= 4 is 10.8 Å². The Hall–Kier alpha value is -2.93. The first-order chi connectivity index (χ1) is 12.5. The first-order valence-corrected chi connectivity index (χ1v) is 9.06. The van der Waals surface area contributed by atoms with Gasteiger partial charge in [-0.05, 0) is 38.9 Å². The number of nitrogens with zero attached hydrogens (tertiary/aromatic N) is 1. The summed E-state index contributed by atoms with van der Waals surface area (Å²) in [5.74, 6) is 0. The third-order valence-corrected chi connectivity index (χ3v) is 4.90. The second kappa shape index (κ2) is 6.42. The van der Waals surface area contributed by atoms with E-state index in [1.54, 1.807) is 0 Å². The summed E-state index contributed by atoms with van der Waals surface area (Å²) >= 11 is 0. The van der Waals surface area contributed by atoms with Gasteiger partial charge >= 0.3 is 0 Å². The van der Waals surface area contributed by atoms with Crippen LogP contribution in [0, 0.1) is 0 Å². The van der Waals surface area contributed by atoms with Crippen molar-refractivity contribution < 1.29 is 0 Å². The Balaban J connectivity index is 1.83. The van der Waals surface area contributed by atoms with Crippen molar-refractivity contribution in [2.45, 2.75) is 26.2 Å². The Morgan fingerprint density at radius 1 is 0.654 bits per heavy atom. The molecule has 0 saturated carbocycles. The van der Waals surface area contributed by atoms with Gasteiger partial charge in [-0.1, -0.05) is 87.5 Å². The normalized spacial score (nSPS) is 11.7. The van der Waals surface area contributed by atoms with Gasteiger partial charge < -0.3 is 0 Å². The van der Waals surface area contributed by atoms with E-state index in [9.17, 15) is 0 Å². The van der Waals surface area contributed by atoms with Crippen LogP contribution in [-0.4, -0.2) is 4.98 Å². The van der Waals surface area contributed by atoms with Crippen LogP contribution in [0.15, 0.2) is 85.2 Å². The largest absolute Gasteiger partial charge is 0.263 e. The maximum absolute atomic E-state index is 4.54. The smallest absolute Gasteiger partial charge is 0.0347 e. The number of hydrogen-bond acceptors (Lipinski definition) is 1. The van der Waals surface area contributed by atoms with E-state index in [1.807, 2.05) is 12.4 Å². The number of aromatic nitrogens is 1. The molecule has 0 aliphatic rings. The van der Waals surface area contributed by atoms with E-state index < -0.39 is 0 Å². The summed E-state index contributed by atoms with van der Waals surface area (Å²) in [6.45, 7) is 6.74. The Morgan fingerprint density at radius 3 is 2.23 bits per heavy atom. The summed E-state index contributed by atoms with van der Waals surface area (Å²) in [7, 11) is 0. The molecule has 3 aromatic carbocycles. The van der Waals surface area contributed by atoms with E-state index in [0.29, 0.717) is 0 Å². The molecule has 0 spiro atoms. The van der Waals surface area contributed by atoms with Crippen LogP contribution in [0.25, 0.3) is 33.0 Å². The van der Waals surface area contributed by atoms with Crippen LogP contribution < -0.4 is 0 Å². The summed E-state index contributed by atoms with van der Waals surface area (Å²) in [6, 6.07) is 26.0. The summed E-state index contributed by atoms with van der Waals surface area (Å²) in [4.78, 5) is 4.54. The van der Waals surface area contributed by atoms with Crippen molar-refractivity contribution in [2.75, 3.05) is 0 Å². The molecule has 0 aliphatic carbocycles. The van der Waals surface area contributed by atoms with Crippen molar-refractivity contribution in [1.29, 1.82) is 0 Å². The molecule has 4 rings (SSSR count). The average Bonchev–Trinajstić information content (AvgIpc) is 2.67. The second-order valence-corrected chi connectivity index (χ2v) is 7.82. The highest BCUT2D eigenvalue weighted by atomic mass is 14.6. The van der Waals surface area contributed by atoms with Crippen molar-refractivity contribution in [3.8, 4) is 22.3 Å². The second-order valence-electron chi connectivity index (χ2n) is 7.82. The van der Waals surface area contributed by atoms with Crippen molar-refractivity contribution in [1.82, 2.24) is 4.98 Å². The van der Waals surface area contributed by atoms with E-state index in [1.165, 1.54) is 27.5 Å². The minimum atomic E-state index is 0.136. The Morgan fingerprint density at radius 2 is 1.38 bits per heavy atom. The molecule has 128 valence electrons. The number of rotatable bonds is 2. The van der Waals surface area contributed by atoms with Crippen molar-refractivity contribution in [2.24, 2.45) is 0 Å². The lowest BCUT2D eigenvalue weighted by atomic mass is 9.85. The number of pyridine rings is 1. The average molecular weight is 337 g/mol. The van der Waals surface area contributed by atoms with Gasteiger partial charge in [0, 0.05) is 23.5 Å². The lowest BCUT2D eigenvalue weighted by molar-refractivity contribution is 0.590. The highest BCUT2D eigenvalue weighted by Crippen LogP contribution is 2.32. The molecule has 0 fully saturated rings. The third kappa shape index (κ3) is 3.13. The van der Waals surface area contributed by atoms with E-state index in [4.69, 9.17) is 0 Å². The molecule has 1 aromatic heterocycles. The molecule has 0 aliphatic heterocycles. The van der Waals surface area contributed by atoms with Gasteiger partial charge in [0.05, 0.1) is 0 Å². The lowest BCUT2D eigenvalue weighted by Crippen LogP contribution is -2.10. The van der Waals surface area contributed by atoms with Crippen LogP contribution in [0.2, 0.25) is 0 Å². The molecule has 0 radical (unpaired) electrons. The molecule has 1 heterocycles. The van der Waals surface area contributed by atoms with Gasteiger partial charge in [-0.3, -0.25) is 4.98 Å². The standard InChI is InChI=1S/C25H23N/c1-25(2,3)22-11-6-10-19(15-22)20-14-21(17-26-16-20)24-13-7-9-18-8-4-5-12-23(18)24/h4-17H,1-3H3. The topological polar surface area (TPSA) is 12.9 Å². The SMILES string of the molecule is CC(C)(C)c1cccc(-c2cncc(-c3cccc4ccccc34)c2)c1. The maximum atomic E-state index is 4.54. The molecular formula is C25H23N. The first kappa shape index (κ1) is 16.5. The van der Waals surface area contributed by atoms with Gasteiger partial charge in [0.1, 0.15) is 0 Å². The van der Waals surface area contributed by atoms with Crippen LogP contribution in [-0.2, 0) is 5.41 Å². The number of fused-ring (bicyclic) bond motifs is 1. The maximum Gasteiger partial charge on any atom is 0.0347 e. The molecule has 0 N–H and O–H groups in total. The van der Waals surface area contributed by atoms with Crippen LogP contribution in [0.4, 0.5) is 0 Å². The number of hydrogen-bond donors (Lipinski definition) is 0. The van der Waals surface area contributed by atoms with Gasteiger partial charge in [-0.2, -0.15) is 0 Å². The molecule has 0 atom stereocenters. The summed E-state index contributed by atoms with van der Waals surface area (Å²) in [6.07, 6.45) is 3.91. The molecule has 1 heteroatoms. The highest BCUT2D eigenvalue weighted by molar-refractivity contribution is 5.97. The lowest BCUT2D eigenvalue weighted by Gasteiger charge is -2.20. The minimum absolute atomic E-state index is 0.136. The molecule has 0 amide bonds. The van der Waals surface area contributed by atoms with Crippen LogP contribution in [0.3, 0.4) is 0 Å². The van der Waals surface area contributed by atoms with Crippen molar-refractivity contribution in [3.05, 3.63) is 90.8 Å². The fourth-order valence-electron chi connectivity index (χ4n) is 3.39. The van der Waals surface area contributed by atoms with Crippen LogP contribution >= 0.6 is 0 Å². The predicted octanol–water partition coefficient (Wildman–Crippen LogP) is 6.87. The third-order valence-electron chi connectivity index (χ3n) is 4.90.